The number of hydrogen-bond acceptors (Lipinski definition) is 3. The van der Waals surface area contributed by atoms with Gasteiger partial charge in [-0.2, -0.15) is 4.99 Å². The van der Waals surface area contributed by atoms with Crippen molar-refractivity contribution in [1.82, 2.24) is 4.90 Å². The summed E-state index contributed by atoms with van der Waals surface area (Å²) >= 11 is 4.90. The van der Waals surface area contributed by atoms with Crippen LogP contribution in [0.4, 0.5) is 4.79 Å². The van der Waals surface area contributed by atoms with Crippen LogP contribution >= 0.6 is 27.3 Å². The molecule has 4 nitrogen and oxygen atoms in total. The van der Waals surface area contributed by atoms with E-state index in [1.54, 1.807) is 6.92 Å². The molecule has 17 heavy (non-hydrogen) atoms. The van der Waals surface area contributed by atoms with Crippen LogP contribution in [0.1, 0.15) is 17.8 Å². The fourth-order valence-electron chi connectivity index (χ4n) is 1.71. The van der Waals surface area contributed by atoms with Crippen LogP contribution in [0.2, 0.25) is 0 Å². The molecule has 0 bridgehead atoms. The first-order valence-electron chi connectivity index (χ1n) is 4.92. The molecule has 0 radical (unpaired) electrons. The molecule has 0 aliphatic carbocycles. The van der Waals surface area contributed by atoms with E-state index in [9.17, 15) is 4.79 Å². The molecule has 0 saturated carbocycles. The summed E-state index contributed by atoms with van der Waals surface area (Å²) in [5, 5.41) is 0. The highest BCUT2D eigenvalue weighted by atomic mass is 79.9. The molecule has 2 amide bonds. The predicted molar refractivity (Wildman–Crippen MR) is 71.9 cm³/mol. The highest BCUT2D eigenvalue weighted by Crippen LogP contribution is 2.35. The van der Waals surface area contributed by atoms with Gasteiger partial charge < -0.3 is 5.73 Å². The Balaban J connectivity index is 2.40. The van der Waals surface area contributed by atoms with Crippen molar-refractivity contribution < 1.29 is 4.79 Å². The van der Waals surface area contributed by atoms with Crippen molar-refractivity contribution in [2.24, 2.45) is 10.7 Å². The van der Waals surface area contributed by atoms with E-state index < -0.39 is 0 Å². The Morgan fingerprint density at radius 1 is 1.71 bits per heavy atom. The maximum Gasteiger partial charge on any atom is 0.347 e. The largest absolute Gasteiger partial charge is 0.385 e. The number of thiophene rings is 1. The van der Waals surface area contributed by atoms with Crippen molar-refractivity contribution in [3.05, 3.63) is 20.8 Å². The lowest BCUT2D eigenvalue weighted by Crippen LogP contribution is -2.38. The molecule has 1 aromatic rings. The molecular weight excluding hydrogens is 302 g/mol. The van der Waals surface area contributed by atoms with Crippen molar-refractivity contribution >= 4 is 39.1 Å². The molecule has 0 saturated heterocycles. The third-order valence-electron chi connectivity index (χ3n) is 2.53. The zero-order chi connectivity index (χ0) is 12.6. The number of terminal acetylenes is 1. The van der Waals surface area contributed by atoms with E-state index >= 15 is 0 Å². The normalized spacial score (nSPS) is 21.2. The van der Waals surface area contributed by atoms with Gasteiger partial charge in [-0.05, 0) is 35.0 Å². The van der Waals surface area contributed by atoms with Gasteiger partial charge in [-0.15, -0.1) is 17.8 Å². The van der Waals surface area contributed by atoms with Crippen molar-refractivity contribution in [1.29, 1.82) is 0 Å². The average Bonchev–Trinajstić information content (AvgIpc) is 2.81. The van der Waals surface area contributed by atoms with Crippen LogP contribution < -0.4 is 5.73 Å². The van der Waals surface area contributed by atoms with E-state index in [-0.39, 0.29) is 18.1 Å². The molecule has 6 heteroatoms. The van der Waals surface area contributed by atoms with Crippen LogP contribution in [0.15, 0.2) is 20.9 Å². The molecule has 2 unspecified atom stereocenters. The van der Waals surface area contributed by atoms with Gasteiger partial charge in [0.1, 0.15) is 11.9 Å². The van der Waals surface area contributed by atoms with Crippen molar-refractivity contribution in [2.75, 3.05) is 0 Å². The van der Waals surface area contributed by atoms with Gasteiger partial charge in [-0.1, -0.05) is 5.92 Å². The quantitative estimate of drug-likeness (QED) is 0.852. The Labute approximate surface area is 112 Å². The second kappa shape index (κ2) is 4.51. The molecule has 1 aliphatic heterocycles. The van der Waals surface area contributed by atoms with Gasteiger partial charge >= 0.3 is 6.03 Å². The Bertz CT molecular complexity index is 531. The van der Waals surface area contributed by atoms with Crippen LogP contribution in [0.3, 0.4) is 0 Å². The van der Waals surface area contributed by atoms with E-state index in [1.165, 1.54) is 16.2 Å². The number of rotatable bonds is 2. The fraction of sp³-hybridized carbons (Fsp3) is 0.273. The molecule has 2 heterocycles. The Morgan fingerprint density at radius 3 is 2.94 bits per heavy atom. The van der Waals surface area contributed by atoms with Gasteiger partial charge in [0.05, 0.1) is 9.83 Å². The zero-order valence-corrected chi connectivity index (χ0v) is 11.5. The first-order chi connectivity index (χ1) is 8.04. The van der Waals surface area contributed by atoms with Gasteiger partial charge in [0.25, 0.3) is 0 Å². The van der Waals surface area contributed by atoms with Gasteiger partial charge in [-0.25, -0.2) is 4.79 Å². The third kappa shape index (κ3) is 2.08. The summed E-state index contributed by atoms with van der Waals surface area (Å²) in [5.41, 5.74) is 5.80. The SMILES string of the molecule is C#CC(C)N1C(=O)N=C(N)C1c1ccc(Br)s1. The molecule has 0 spiro atoms. The minimum atomic E-state index is -0.373. The zero-order valence-electron chi connectivity index (χ0n) is 9.05. The molecule has 1 aromatic heterocycles. The van der Waals surface area contributed by atoms with E-state index in [0.29, 0.717) is 5.84 Å². The lowest BCUT2D eigenvalue weighted by Gasteiger charge is -2.26. The van der Waals surface area contributed by atoms with Gasteiger partial charge in [0.15, 0.2) is 0 Å². The van der Waals surface area contributed by atoms with Crippen molar-refractivity contribution in [2.45, 2.75) is 19.0 Å². The molecule has 88 valence electrons. The molecule has 2 N–H and O–H groups in total. The number of amidine groups is 1. The summed E-state index contributed by atoms with van der Waals surface area (Å²) in [6.07, 6.45) is 5.36. The molecular formula is C11H10BrN3OS. The number of amides is 2. The number of halogens is 1. The summed E-state index contributed by atoms with van der Waals surface area (Å²) in [5.74, 6) is 2.83. The number of nitrogens with two attached hydrogens (primary N) is 1. The van der Waals surface area contributed by atoms with Gasteiger partial charge in [0, 0.05) is 4.88 Å². The maximum atomic E-state index is 11.7. The Hall–Kier alpha value is -1.32. The third-order valence-corrected chi connectivity index (χ3v) is 4.20. The predicted octanol–water partition coefficient (Wildman–Crippen LogP) is 2.37. The van der Waals surface area contributed by atoms with E-state index in [1.807, 2.05) is 12.1 Å². The van der Waals surface area contributed by atoms with Crippen LogP contribution in [0.5, 0.6) is 0 Å². The molecule has 0 fully saturated rings. The average molecular weight is 312 g/mol. The highest BCUT2D eigenvalue weighted by molar-refractivity contribution is 9.11. The lowest BCUT2D eigenvalue weighted by molar-refractivity contribution is 0.199. The van der Waals surface area contributed by atoms with Crippen LogP contribution in [0.25, 0.3) is 0 Å². The molecule has 2 atom stereocenters. The number of hydrogen-bond donors (Lipinski definition) is 1. The fourth-order valence-corrected chi connectivity index (χ4v) is 3.25. The van der Waals surface area contributed by atoms with Gasteiger partial charge in [-0.3, -0.25) is 4.90 Å². The molecule has 1 aliphatic rings. The second-order valence-electron chi connectivity index (χ2n) is 3.61. The molecule has 0 aromatic carbocycles. The number of carbonyl (C=O) groups excluding carboxylic acids is 1. The van der Waals surface area contributed by atoms with E-state index in [0.717, 1.165) is 8.66 Å². The number of nitrogens with zero attached hydrogens (tertiary/aromatic N) is 2. The smallest absolute Gasteiger partial charge is 0.347 e. The Kier molecular flexibility index (Phi) is 3.22. The minimum absolute atomic E-state index is 0.298. The summed E-state index contributed by atoms with van der Waals surface area (Å²) in [4.78, 5) is 18.0. The minimum Gasteiger partial charge on any atom is -0.385 e. The maximum absolute atomic E-state index is 11.7. The number of aliphatic imine (C=N–C) groups is 1. The topological polar surface area (TPSA) is 58.7 Å². The Morgan fingerprint density at radius 2 is 2.41 bits per heavy atom. The summed E-state index contributed by atoms with van der Waals surface area (Å²) < 4.78 is 0.980. The number of urea groups is 1. The van der Waals surface area contributed by atoms with Gasteiger partial charge in [0.2, 0.25) is 0 Å². The summed E-state index contributed by atoms with van der Waals surface area (Å²) in [6.45, 7) is 1.78. The van der Waals surface area contributed by atoms with Crippen LogP contribution in [-0.2, 0) is 0 Å². The van der Waals surface area contributed by atoms with Crippen molar-refractivity contribution in [3.8, 4) is 12.3 Å². The lowest BCUT2D eigenvalue weighted by atomic mass is 10.1. The summed E-state index contributed by atoms with van der Waals surface area (Å²) in [7, 11) is 0. The van der Waals surface area contributed by atoms with Crippen molar-refractivity contribution in [3.63, 3.8) is 0 Å². The van der Waals surface area contributed by atoms with Crippen LogP contribution in [-0.4, -0.2) is 22.8 Å². The van der Waals surface area contributed by atoms with E-state index in [2.05, 4.69) is 26.8 Å². The monoisotopic (exact) mass is 311 g/mol. The second-order valence-corrected chi connectivity index (χ2v) is 6.11. The first kappa shape index (κ1) is 12.1. The molecule has 2 rings (SSSR count). The highest BCUT2D eigenvalue weighted by Gasteiger charge is 2.37. The standard InChI is InChI=1S/C11H10BrN3OS/c1-3-6(2)15-9(10(13)14-11(15)16)7-4-5-8(12)17-7/h1,4-6,9H,2H3,(H2,13,14,16). The van der Waals surface area contributed by atoms with E-state index in [4.69, 9.17) is 12.2 Å². The number of carbonyl (C=O) groups is 1. The summed E-state index contributed by atoms with van der Waals surface area (Å²) in [6, 6.07) is 2.77. The van der Waals surface area contributed by atoms with Crippen LogP contribution in [0, 0.1) is 12.3 Å². The first-order valence-corrected chi connectivity index (χ1v) is 6.53.